The van der Waals surface area contributed by atoms with E-state index in [9.17, 15) is 4.79 Å². The van der Waals surface area contributed by atoms with Crippen molar-refractivity contribution in [1.82, 2.24) is 4.90 Å². The maximum Gasteiger partial charge on any atom is 0.228 e. The fourth-order valence-corrected chi connectivity index (χ4v) is 3.53. The molecule has 0 saturated carbocycles. The van der Waals surface area contributed by atoms with Gasteiger partial charge in [0.05, 0.1) is 12.5 Å². The van der Waals surface area contributed by atoms with E-state index in [2.05, 4.69) is 35.8 Å². The van der Waals surface area contributed by atoms with Crippen LogP contribution >= 0.6 is 11.3 Å². The smallest absolute Gasteiger partial charge is 0.228 e. The predicted molar refractivity (Wildman–Crippen MR) is 87.5 cm³/mol. The molecule has 21 heavy (non-hydrogen) atoms. The number of benzene rings is 1. The summed E-state index contributed by atoms with van der Waals surface area (Å²) in [6.45, 7) is 4.27. The Morgan fingerprint density at radius 1 is 1.33 bits per heavy atom. The van der Waals surface area contributed by atoms with Crippen LogP contribution in [0.25, 0.3) is 0 Å². The normalized spacial score (nSPS) is 16.9. The summed E-state index contributed by atoms with van der Waals surface area (Å²) in [4.78, 5) is 16.0. The van der Waals surface area contributed by atoms with Crippen molar-refractivity contribution in [1.29, 1.82) is 0 Å². The van der Waals surface area contributed by atoms with Gasteiger partial charge in [0.2, 0.25) is 5.91 Å². The van der Waals surface area contributed by atoms with Crippen molar-refractivity contribution in [2.75, 3.05) is 18.4 Å². The van der Waals surface area contributed by atoms with Crippen LogP contribution in [-0.2, 0) is 17.8 Å². The van der Waals surface area contributed by atoms with Gasteiger partial charge in [-0.3, -0.25) is 4.79 Å². The first-order valence-corrected chi connectivity index (χ1v) is 8.29. The van der Waals surface area contributed by atoms with E-state index in [0.717, 1.165) is 26.1 Å². The molecule has 2 heterocycles. The van der Waals surface area contributed by atoms with Crippen molar-refractivity contribution in [2.24, 2.45) is 5.92 Å². The highest BCUT2D eigenvalue weighted by Crippen LogP contribution is 2.26. The van der Waals surface area contributed by atoms with E-state index in [4.69, 9.17) is 0 Å². The molecule has 2 aromatic rings. The maximum absolute atomic E-state index is 12.8. The molecule has 4 heteroatoms. The lowest BCUT2D eigenvalue weighted by Gasteiger charge is -2.30. The Balaban J connectivity index is 1.70. The summed E-state index contributed by atoms with van der Waals surface area (Å²) in [6.07, 6.45) is 0.836. The largest absolute Gasteiger partial charge is 0.384 e. The monoisotopic (exact) mass is 300 g/mol. The third kappa shape index (κ3) is 3.10. The van der Waals surface area contributed by atoms with E-state index in [0.29, 0.717) is 0 Å². The van der Waals surface area contributed by atoms with Crippen LogP contribution in [0.15, 0.2) is 41.8 Å². The van der Waals surface area contributed by atoms with Gasteiger partial charge in [-0.15, -0.1) is 11.3 Å². The lowest BCUT2D eigenvalue weighted by molar-refractivity contribution is -0.135. The lowest BCUT2D eigenvalue weighted by Crippen LogP contribution is -2.40. The molecule has 1 atom stereocenters. The Morgan fingerprint density at radius 2 is 2.19 bits per heavy atom. The molecule has 0 aliphatic carbocycles. The Morgan fingerprint density at radius 3 is 2.95 bits per heavy atom. The Kier molecular flexibility index (Phi) is 4.25. The first-order valence-electron chi connectivity index (χ1n) is 7.41. The van der Waals surface area contributed by atoms with Gasteiger partial charge >= 0.3 is 0 Å². The van der Waals surface area contributed by atoms with Gasteiger partial charge in [0.15, 0.2) is 0 Å². The molecule has 1 aliphatic rings. The summed E-state index contributed by atoms with van der Waals surface area (Å²) < 4.78 is 0. The van der Waals surface area contributed by atoms with Crippen LogP contribution in [0.2, 0.25) is 0 Å². The lowest BCUT2D eigenvalue weighted by atomic mass is 9.93. The minimum absolute atomic E-state index is 0.0415. The molecule has 0 spiro atoms. The average molecular weight is 300 g/mol. The Hall–Kier alpha value is -1.81. The zero-order chi connectivity index (χ0) is 14.7. The highest BCUT2D eigenvalue weighted by Gasteiger charge is 2.27. The molecular weight excluding hydrogens is 280 g/mol. The molecule has 0 fully saturated rings. The molecule has 0 bridgehead atoms. The number of nitrogens with one attached hydrogen (secondary N) is 1. The number of carbonyl (C=O) groups excluding carboxylic acids is 1. The van der Waals surface area contributed by atoms with E-state index in [1.54, 1.807) is 11.3 Å². The van der Waals surface area contributed by atoms with Crippen molar-refractivity contribution in [3.63, 3.8) is 0 Å². The fourth-order valence-electron chi connectivity index (χ4n) is 2.81. The summed E-state index contributed by atoms with van der Waals surface area (Å²) in [7, 11) is 0. The van der Waals surface area contributed by atoms with Gasteiger partial charge in [-0.25, -0.2) is 0 Å². The number of fused-ring (bicyclic) bond motifs is 1. The van der Waals surface area contributed by atoms with Crippen molar-refractivity contribution in [3.8, 4) is 0 Å². The molecular formula is C17H20N2OS. The molecule has 3 nitrogen and oxygen atoms in total. The van der Waals surface area contributed by atoms with E-state index in [1.807, 2.05) is 23.1 Å². The number of hydrogen-bond donors (Lipinski definition) is 1. The molecule has 1 amide bonds. The molecule has 1 aromatic heterocycles. The molecule has 1 unspecified atom stereocenters. The second-order valence-corrected chi connectivity index (χ2v) is 6.40. The average Bonchev–Trinajstić information content (AvgIpc) is 3.04. The summed E-state index contributed by atoms with van der Waals surface area (Å²) in [6, 6.07) is 12.4. The van der Waals surface area contributed by atoms with Crippen LogP contribution in [0, 0.1) is 5.92 Å². The quantitative estimate of drug-likeness (QED) is 0.939. The number of anilines is 1. The summed E-state index contributed by atoms with van der Waals surface area (Å²) in [5.41, 5.74) is 2.41. The summed E-state index contributed by atoms with van der Waals surface area (Å²) in [5.74, 6) is 0.299. The summed E-state index contributed by atoms with van der Waals surface area (Å²) >= 11 is 1.71. The zero-order valence-corrected chi connectivity index (χ0v) is 13.0. The number of thiophene rings is 1. The second kappa shape index (κ2) is 6.31. The first kappa shape index (κ1) is 14.1. The second-order valence-electron chi connectivity index (χ2n) is 5.37. The van der Waals surface area contributed by atoms with Crippen LogP contribution in [0.4, 0.5) is 5.69 Å². The van der Waals surface area contributed by atoms with Crippen LogP contribution < -0.4 is 5.32 Å². The molecule has 1 aliphatic heterocycles. The van der Waals surface area contributed by atoms with Crippen molar-refractivity contribution in [3.05, 3.63) is 52.2 Å². The SMILES string of the molecule is CCN(Cc1cccs1)C(=O)C1CNc2ccccc2C1. The number of para-hydroxylation sites is 1. The van der Waals surface area contributed by atoms with Crippen LogP contribution in [0.5, 0.6) is 0 Å². The zero-order valence-electron chi connectivity index (χ0n) is 12.2. The number of amides is 1. The van der Waals surface area contributed by atoms with Crippen molar-refractivity contribution >= 4 is 22.9 Å². The van der Waals surface area contributed by atoms with E-state index >= 15 is 0 Å². The van der Waals surface area contributed by atoms with Gasteiger partial charge < -0.3 is 10.2 Å². The van der Waals surface area contributed by atoms with Gasteiger partial charge in [-0.2, -0.15) is 0 Å². The number of carbonyl (C=O) groups is 1. The minimum atomic E-state index is 0.0415. The molecule has 1 N–H and O–H groups in total. The van der Waals surface area contributed by atoms with Gasteiger partial charge in [0.1, 0.15) is 0 Å². The van der Waals surface area contributed by atoms with Gasteiger partial charge in [0.25, 0.3) is 0 Å². The Labute approximate surface area is 129 Å². The minimum Gasteiger partial charge on any atom is -0.384 e. The highest BCUT2D eigenvalue weighted by molar-refractivity contribution is 7.09. The van der Waals surface area contributed by atoms with Crippen LogP contribution in [0.1, 0.15) is 17.4 Å². The summed E-state index contributed by atoms with van der Waals surface area (Å²) in [5, 5.41) is 5.45. The number of rotatable bonds is 4. The van der Waals surface area contributed by atoms with Gasteiger partial charge in [-0.1, -0.05) is 24.3 Å². The highest BCUT2D eigenvalue weighted by atomic mass is 32.1. The van der Waals surface area contributed by atoms with E-state index < -0.39 is 0 Å². The van der Waals surface area contributed by atoms with Crippen LogP contribution in [-0.4, -0.2) is 23.9 Å². The topological polar surface area (TPSA) is 32.3 Å². The third-order valence-electron chi connectivity index (χ3n) is 3.99. The molecule has 0 radical (unpaired) electrons. The van der Waals surface area contributed by atoms with E-state index in [1.165, 1.54) is 16.1 Å². The molecule has 110 valence electrons. The standard InChI is InChI=1S/C17H20N2OS/c1-2-19(12-15-7-5-9-21-15)17(20)14-10-13-6-3-4-8-16(13)18-11-14/h3-9,14,18H,2,10-12H2,1H3. The van der Waals surface area contributed by atoms with E-state index in [-0.39, 0.29) is 11.8 Å². The van der Waals surface area contributed by atoms with Crippen LogP contribution in [0.3, 0.4) is 0 Å². The molecule has 3 rings (SSSR count). The number of nitrogens with zero attached hydrogens (tertiary/aromatic N) is 1. The maximum atomic E-state index is 12.8. The molecule has 0 saturated heterocycles. The fraction of sp³-hybridized carbons (Fsp3) is 0.353. The third-order valence-corrected chi connectivity index (χ3v) is 4.85. The van der Waals surface area contributed by atoms with Gasteiger partial charge in [-0.05, 0) is 36.4 Å². The Bertz CT molecular complexity index is 609. The molecule has 1 aromatic carbocycles. The number of hydrogen-bond acceptors (Lipinski definition) is 3. The van der Waals surface area contributed by atoms with Gasteiger partial charge in [0, 0.05) is 23.7 Å². The van der Waals surface area contributed by atoms with Crippen molar-refractivity contribution in [2.45, 2.75) is 19.9 Å². The predicted octanol–water partition coefficient (Wildman–Crippen LogP) is 3.38. The first-order chi connectivity index (χ1) is 10.3. The van der Waals surface area contributed by atoms with Crippen molar-refractivity contribution < 1.29 is 4.79 Å².